The summed E-state index contributed by atoms with van der Waals surface area (Å²) >= 11 is 6.89. The Hall–Kier alpha value is -1.39. The number of hydrogen-bond acceptors (Lipinski definition) is 1. The van der Waals surface area contributed by atoms with Gasteiger partial charge in [0.15, 0.2) is 0 Å². The number of hydrogen-bond donors (Lipinski definition) is 1. The van der Waals surface area contributed by atoms with Gasteiger partial charge in [-0.05, 0) is 51.8 Å². The third-order valence-corrected chi connectivity index (χ3v) is 3.71. The molecule has 0 bridgehead atoms. The molecule has 0 amide bonds. The van der Waals surface area contributed by atoms with Crippen molar-refractivity contribution < 1.29 is 0 Å². The summed E-state index contributed by atoms with van der Waals surface area (Å²) in [7, 11) is 0. The molecule has 3 rings (SSSR count). The number of H-pyrrole nitrogens is 1. The average molecular weight is 378 g/mol. The maximum Gasteiger partial charge on any atom is 0.0469 e. The van der Waals surface area contributed by atoms with Gasteiger partial charge >= 0.3 is 0 Å². The van der Waals surface area contributed by atoms with Crippen molar-refractivity contribution in [2.75, 3.05) is 0 Å². The average Bonchev–Trinajstić information content (AvgIpc) is 2.78. The molecule has 0 atom stereocenters. The molecule has 0 aliphatic carbocycles. The fourth-order valence-corrected chi connectivity index (χ4v) is 2.66. The fourth-order valence-electron chi connectivity index (χ4n) is 1.92. The molecule has 0 aliphatic rings. The molecule has 0 saturated carbocycles. The Morgan fingerprint density at radius 1 is 0.947 bits per heavy atom. The Morgan fingerprint density at radius 2 is 1.84 bits per heavy atom. The lowest BCUT2D eigenvalue weighted by molar-refractivity contribution is 1.30. The third kappa shape index (κ3) is 2.96. The van der Waals surface area contributed by atoms with Crippen molar-refractivity contribution in [1.82, 2.24) is 9.97 Å². The molecule has 0 fully saturated rings. The van der Waals surface area contributed by atoms with Crippen LogP contribution in [0.2, 0.25) is 0 Å². The SMILES string of the molecule is Brc1cncc(C=Cc2cc3ccc(Br)cc3[nH]2)c1. The first kappa shape index (κ1) is 12.6. The molecule has 0 aliphatic heterocycles. The molecule has 19 heavy (non-hydrogen) atoms. The Balaban J connectivity index is 1.92. The van der Waals surface area contributed by atoms with Crippen molar-refractivity contribution in [2.45, 2.75) is 0 Å². The van der Waals surface area contributed by atoms with Gasteiger partial charge in [-0.25, -0.2) is 0 Å². The lowest BCUT2D eigenvalue weighted by Gasteiger charge is -1.93. The molecule has 94 valence electrons. The zero-order valence-electron chi connectivity index (χ0n) is 9.90. The Labute approximate surface area is 127 Å². The first-order chi connectivity index (χ1) is 9.20. The minimum atomic E-state index is 0.982. The molecule has 0 spiro atoms. The van der Waals surface area contributed by atoms with Crippen LogP contribution in [0.5, 0.6) is 0 Å². The number of benzene rings is 1. The van der Waals surface area contributed by atoms with E-state index >= 15 is 0 Å². The van der Waals surface area contributed by atoms with Gasteiger partial charge in [0.1, 0.15) is 0 Å². The number of aromatic amines is 1. The fraction of sp³-hybridized carbons (Fsp3) is 0. The van der Waals surface area contributed by atoms with Crippen LogP contribution in [0.25, 0.3) is 23.1 Å². The molecule has 4 heteroatoms. The van der Waals surface area contributed by atoms with Crippen LogP contribution in [0.4, 0.5) is 0 Å². The number of nitrogens with one attached hydrogen (secondary N) is 1. The molecule has 1 aromatic carbocycles. The molecule has 0 unspecified atom stereocenters. The smallest absolute Gasteiger partial charge is 0.0469 e. The first-order valence-electron chi connectivity index (χ1n) is 5.78. The van der Waals surface area contributed by atoms with Crippen LogP contribution in [-0.4, -0.2) is 9.97 Å². The van der Waals surface area contributed by atoms with Gasteiger partial charge in [-0.2, -0.15) is 0 Å². The minimum absolute atomic E-state index is 0.982. The van der Waals surface area contributed by atoms with Crippen molar-refractivity contribution in [3.05, 3.63) is 62.9 Å². The molecule has 0 radical (unpaired) electrons. The van der Waals surface area contributed by atoms with Crippen LogP contribution < -0.4 is 0 Å². The van der Waals surface area contributed by atoms with Gasteiger partial charge in [-0.1, -0.05) is 28.1 Å². The molecular formula is C15H10Br2N2. The van der Waals surface area contributed by atoms with E-state index in [4.69, 9.17) is 0 Å². The summed E-state index contributed by atoms with van der Waals surface area (Å²) in [6.07, 6.45) is 7.70. The van der Waals surface area contributed by atoms with E-state index < -0.39 is 0 Å². The molecule has 3 aromatic rings. The molecule has 2 nitrogen and oxygen atoms in total. The van der Waals surface area contributed by atoms with Crippen molar-refractivity contribution in [1.29, 1.82) is 0 Å². The number of rotatable bonds is 2. The van der Waals surface area contributed by atoms with Gasteiger partial charge in [-0.15, -0.1) is 0 Å². The second-order valence-corrected chi connectivity index (χ2v) is 6.06. The van der Waals surface area contributed by atoms with Crippen LogP contribution in [0.15, 0.2) is 51.7 Å². The summed E-state index contributed by atoms with van der Waals surface area (Å²) in [5.41, 5.74) is 3.27. The van der Waals surface area contributed by atoms with Crippen LogP contribution in [0.3, 0.4) is 0 Å². The topological polar surface area (TPSA) is 28.7 Å². The second-order valence-electron chi connectivity index (χ2n) is 4.23. The standard InChI is InChI=1S/C15H10Br2N2/c16-12-3-2-11-6-14(19-15(11)7-12)4-1-10-5-13(17)9-18-8-10/h1-9,19H. The molecule has 2 heterocycles. The highest BCUT2D eigenvalue weighted by Crippen LogP contribution is 2.21. The highest BCUT2D eigenvalue weighted by molar-refractivity contribution is 9.10. The van der Waals surface area contributed by atoms with E-state index in [1.54, 1.807) is 6.20 Å². The Bertz CT molecular complexity index is 760. The Morgan fingerprint density at radius 3 is 2.68 bits per heavy atom. The lowest BCUT2D eigenvalue weighted by atomic mass is 10.2. The van der Waals surface area contributed by atoms with Crippen LogP contribution in [0, 0.1) is 0 Å². The van der Waals surface area contributed by atoms with Gasteiger partial charge in [0.05, 0.1) is 0 Å². The number of fused-ring (bicyclic) bond motifs is 1. The summed E-state index contributed by atoms with van der Waals surface area (Å²) in [6.45, 7) is 0. The van der Waals surface area contributed by atoms with Crippen molar-refractivity contribution in [3.8, 4) is 0 Å². The van der Waals surface area contributed by atoms with Crippen molar-refractivity contribution >= 4 is 54.9 Å². The summed E-state index contributed by atoms with van der Waals surface area (Å²) in [5, 5.41) is 1.20. The van der Waals surface area contributed by atoms with Crippen LogP contribution in [0.1, 0.15) is 11.3 Å². The van der Waals surface area contributed by atoms with E-state index in [9.17, 15) is 0 Å². The molecule has 1 N–H and O–H groups in total. The van der Waals surface area contributed by atoms with E-state index in [1.807, 2.05) is 24.4 Å². The van der Waals surface area contributed by atoms with Gasteiger partial charge in [-0.3, -0.25) is 4.98 Å². The molecule has 2 aromatic heterocycles. The van der Waals surface area contributed by atoms with Crippen molar-refractivity contribution in [3.63, 3.8) is 0 Å². The zero-order valence-corrected chi connectivity index (χ0v) is 13.1. The Kier molecular flexibility index (Phi) is 3.53. The summed E-state index contributed by atoms with van der Waals surface area (Å²) in [5.74, 6) is 0. The summed E-state index contributed by atoms with van der Waals surface area (Å²) in [4.78, 5) is 7.51. The number of halogens is 2. The zero-order chi connectivity index (χ0) is 13.2. The van der Waals surface area contributed by atoms with E-state index in [0.717, 1.165) is 25.7 Å². The quantitative estimate of drug-likeness (QED) is 0.648. The van der Waals surface area contributed by atoms with Crippen LogP contribution >= 0.6 is 31.9 Å². The largest absolute Gasteiger partial charge is 0.355 e. The highest BCUT2D eigenvalue weighted by Gasteiger charge is 1.98. The van der Waals surface area contributed by atoms with E-state index in [1.165, 1.54) is 5.39 Å². The summed E-state index contributed by atoms with van der Waals surface area (Å²) < 4.78 is 2.06. The third-order valence-electron chi connectivity index (χ3n) is 2.79. The van der Waals surface area contributed by atoms with E-state index in [2.05, 4.69) is 66.1 Å². The van der Waals surface area contributed by atoms with Crippen LogP contribution in [-0.2, 0) is 0 Å². The lowest BCUT2D eigenvalue weighted by Crippen LogP contribution is -1.76. The van der Waals surface area contributed by atoms with Gasteiger partial charge < -0.3 is 4.98 Å². The normalized spacial score (nSPS) is 11.5. The first-order valence-corrected chi connectivity index (χ1v) is 7.36. The van der Waals surface area contributed by atoms with Gasteiger partial charge in [0, 0.05) is 37.9 Å². The van der Waals surface area contributed by atoms with E-state index in [-0.39, 0.29) is 0 Å². The minimum Gasteiger partial charge on any atom is -0.355 e. The maximum absolute atomic E-state index is 4.14. The summed E-state index contributed by atoms with van der Waals surface area (Å²) in [6, 6.07) is 10.4. The van der Waals surface area contributed by atoms with Gasteiger partial charge in [0.2, 0.25) is 0 Å². The highest BCUT2D eigenvalue weighted by atomic mass is 79.9. The second kappa shape index (κ2) is 5.31. The molecular weight excluding hydrogens is 368 g/mol. The predicted octanol–water partition coefficient (Wildman–Crippen LogP) is 5.26. The monoisotopic (exact) mass is 376 g/mol. The number of aromatic nitrogens is 2. The van der Waals surface area contributed by atoms with Crippen molar-refractivity contribution in [2.24, 2.45) is 0 Å². The predicted molar refractivity (Wildman–Crippen MR) is 86.9 cm³/mol. The maximum atomic E-state index is 4.14. The van der Waals surface area contributed by atoms with E-state index in [0.29, 0.717) is 0 Å². The van der Waals surface area contributed by atoms with Gasteiger partial charge in [0.25, 0.3) is 0 Å². The number of pyridine rings is 1. The number of nitrogens with zero attached hydrogens (tertiary/aromatic N) is 1. The molecule has 0 saturated heterocycles.